The Morgan fingerprint density at radius 3 is 2.83 bits per heavy atom. The van der Waals surface area contributed by atoms with Gasteiger partial charge in [-0.3, -0.25) is 5.10 Å². The van der Waals surface area contributed by atoms with Crippen LogP contribution in [0.25, 0.3) is 0 Å². The van der Waals surface area contributed by atoms with E-state index in [-0.39, 0.29) is 18.4 Å². The topological polar surface area (TPSA) is 77.9 Å². The first kappa shape index (κ1) is 15.7. The Kier molecular flexibility index (Phi) is 3.97. The first-order chi connectivity index (χ1) is 10.8. The maximum absolute atomic E-state index is 12.7. The number of anilines is 1. The van der Waals surface area contributed by atoms with Gasteiger partial charge in [0.05, 0.1) is 11.8 Å². The number of aromatic nitrogens is 4. The number of aliphatic hydroxyl groups is 1. The molecule has 1 aliphatic heterocycles. The van der Waals surface area contributed by atoms with Crippen LogP contribution >= 0.6 is 0 Å². The minimum Gasteiger partial charge on any atom is -0.391 e. The Bertz CT molecular complexity index is 687. The second kappa shape index (κ2) is 5.80. The molecule has 0 aliphatic carbocycles. The lowest BCUT2D eigenvalue weighted by Crippen LogP contribution is -2.24. The minimum atomic E-state index is -4.51. The maximum atomic E-state index is 12.7. The van der Waals surface area contributed by atoms with Crippen molar-refractivity contribution in [3.05, 3.63) is 35.4 Å². The number of aromatic amines is 1. The van der Waals surface area contributed by atoms with Crippen LogP contribution in [0.3, 0.4) is 0 Å². The molecule has 124 valence electrons. The van der Waals surface area contributed by atoms with E-state index in [0.29, 0.717) is 13.0 Å². The van der Waals surface area contributed by atoms with Gasteiger partial charge in [0.15, 0.2) is 0 Å². The van der Waals surface area contributed by atoms with Crippen LogP contribution in [0, 0.1) is 12.8 Å². The number of nitrogens with one attached hydrogen (secondary N) is 1. The quantitative estimate of drug-likeness (QED) is 0.895. The number of aryl methyl sites for hydroxylation is 1. The van der Waals surface area contributed by atoms with Gasteiger partial charge in [-0.05, 0) is 25.5 Å². The van der Waals surface area contributed by atoms with Crippen LogP contribution in [-0.4, -0.2) is 44.5 Å². The predicted molar refractivity (Wildman–Crippen MR) is 75.8 cm³/mol. The van der Waals surface area contributed by atoms with E-state index in [1.807, 2.05) is 13.0 Å². The van der Waals surface area contributed by atoms with Crippen LogP contribution in [0.2, 0.25) is 0 Å². The number of nitrogens with zero attached hydrogens (tertiary/aromatic N) is 4. The third kappa shape index (κ3) is 3.44. The van der Waals surface area contributed by atoms with E-state index in [9.17, 15) is 18.3 Å². The van der Waals surface area contributed by atoms with Crippen molar-refractivity contribution >= 4 is 5.95 Å². The fraction of sp³-hybridized carbons (Fsp3) is 0.500. The molecule has 0 aromatic carbocycles. The van der Waals surface area contributed by atoms with Crippen LogP contribution in [0.4, 0.5) is 19.1 Å². The van der Waals surface area contributed by atoms with Gasteiger partial charge >= 0.3 is 6.18 Å². The summed E-state index contributed by atoms with van der Waals surface area (Å²) in [5, 5.41) is 17.1. The molecule has 0 unspecified atom stereocenters. The molecule has 9 heteroatoms. The summed E-state index contributed by atoms with van der Waals surface area (Å²) in [6, 6.07) is 2.72. The highest BCUT2D eigenvalue weighted by atomic mass is 19.4. The fourth-order valence-electron chi connectivity index (χ4n) is 2.72. The zero-order valence-electron chi connectivity index (χ0n) is 12.4. The highest BCUT2D eigenvalue weighted by Crippen LogP contribution is 2.30. The standard InChI is InChI=1S/C14H16F3N5O/c1-8-4-10(21-20-8)5-9-6-22(7-11(9)23)13-18-3-2-12(19-13)14(15,16)17/h2-4,9,11,23H,5-7H2,1H3,(H,20,21)/t9-,11-/m1/s1. The second-order valence-corrected chi connectivity index (χ2v) is 5.72. The van der Waals surface area contributed by atoms with Gasteiger partial charge in [0.2, 0.25) is 5.95 Å². The van der Waals surface area contributed by atoms with Crippen LogP contribution in [0.5, 0.6) is 0 Å². The van der Waals surface area contributed by atoms with Crippen molar-refractivity contribution in [3.63, 3.8) is 0 Å². The highest BCUT2D eigenvalue weighted by Gasteiger charge is 2.36. The molecule has 0 spiro atoms. The number of halogens is 3. The fourth-order valence-corrected chi connectivity index (χ4v) is 2.72. The van der Waals surface area contributed by atoms with E-state index in [0.717, 1.165) is 23.7 Å². The summed E-state index contributed by atoms with van der Waals surface area (Å²) in [6.45, 7) is 2.47. The molecule has 0 radical (unpaired) electrons. The van der Waals surface area contributed by atoms with Gasteiger partial charge in [-0.25, -0.2) is 9.97 Å². The third-order valence-corrected chi connectivity index (χ3v) is 3.85. The SMILES string of the molecule is Cc1cc(C[C@@H]2CN(c3nccc(C(F)(F)F)n3)C[C@H]2O)n[nH]1. The number of β-amino-alcohol motifs (C(OH)–C–C–N with tert-alkyl or cyclic N) is 1. The summed E-state index contributed by atoms with van der Waals surface area (Å²) in [7, 11) is 0. The Morgan fingerprint density at radius 1 is 1.39 bits per heavy atom. The molecule has 6 nitrogen and oxygen atoms in total. The van der Waals surface area contributed by atoms with Crippen LogP contribution in [0.1, 0.15) is 17.1 Å². The van der Waals surface area contributed by atoms with Gasteiger partial charge in [-0.2, -0.15) is 18.3 Å². The Balaban J connectivity index is 1.73. The molecule has 3 rings (SSSR count). The average Bonchev–Trinajstić information content (AvgIpc) is 3.05. The van der Waals surface area contributed by atoms with Gasteiger partial charge < -0.3 is 10.0 Å². The third-order valence-electron chi connectivity index (χ3n) is 3.85. The number of H-pyrrole nitrogens is 1. The summed E-state index contributed by atoms with van der Waals surface area (Å²) in [6.07, 6.45) is -3.55. The predicted octanol–water partition coefficient (Wildman–Crippen LogP) is 1.57. The van der Waals surface area contributed by atoms with Crippen LogP contribution < -0.4 is 4.90 Å². The number of hydrogen-bond acceptors (Lipinski definition) is 5. The van der Waals surface area contributed by atoms with Crippen LogP contribution in [-0.2, 0) is 12.6 Å². The molecule has 1 saturated heterocycles. The summed E-state index contributed by atoms with van der Waals surface area (Å²) in [5.74, 6) is -0.143. The Labute approximate surface area is 130 Å². The Morgan fingerprint density at radius 2 is 2.17 bits per heavy atom. The second-order valence-electron chi connectivity index (χ2n) is 5.72. The molecule has 3 heterocycles. The van der Waals surface area contributed by atoms with E-state index >= 15 is 0 Å². The monoisotopic (exact) mass is 327 g/mol. The van der Waals surface area contributed by atoms with E-state index in [2.05, 4.69) is 20.2 Å². The number of aliphatic hydroxyl groups excluding tert-OH is 1. The molecule has 2 atom stereocenters. The smallest absolute Gasteiger partial charge is 0.391 e. The lowest BCUT2D eigenvalue weighted by molar-refractivity contribution is -0.141. The lowest BCUT2D eigenvalue weighted by Gasteiger charge is -2.16. The summed E-state index contributed by atoms with van der Waals surface area (Å²) < 4.78 is 38.2. The summed E-state index contributed by atoms with van der Waals surface area (Å²) in [5.41, 5.74) is 0.757. The number of rotatable bonds is 3. The highest BCUT2D eigenvalue weighted by molar-refractivity contribution is 5.34. The van der Waals surface area contributed by atoms with E-state index in [4.69, 9.17) is 0 Å². The molecule has 0 saturated carbocycles. The number of hydrogen-bond donors (Lipinski definition) is 2. The van der Waals surface area contributed by atoms with Crippen molar-refractivity contribution in [2.45, 2.75) is 25.6 Å². The van der Waals surface area contributed by atoms with Crippen molar-refractivity contribution in [2.24, 2.45) is 5.92 Å². The first-order valence-corrected chi connectivity index (χ1v) is 7.17. The van der Waals surface area contributed by atoms with Crippen molar-refractivity contribution in [1.29, 1.82) is 0 Å². The normalized spacial score (nSPS) is 21.9. The van der Waals surface area contributed by atoms with E-state index < -0.39 is 18.0 Å². The average molecular weight is 327 g/mol. The van der Waals surface area contributed by atoms with Gasteiger partial charge in [0.1, 0.15) is 5.69 Å². The van der Waals surface area contributed by atoms with Gasteiger partial charge in [-0.1, -0.05) is 0 Å². The molecule has 2 N–H and O–H groups in total. The minimum absolute atomic E-state index is 0.0143. The van der Waals surface area contributed by atoms with Gasteiger partial charge in [0, 0.05) is 30.9 Å². The molecule has 2 aromatic heterocycles. The summed E-state index contributed by atoms with van der Waals surface area (Å²) >= 11 is 0. The molecular weight excluding hydrogens is 311 g/mol. The molecule has 0 amide bonds. The summed E-state index contributed by atoms with van der Waals surface area (Å²) in [4.78, 5) is 9.03. The maximum Gasteiger partial charge on any atom is 0.433 e. The van der Waals surface area contributed by atoms with E-state index in [1.54, 1.807) is 4.90 Å². The molecule has 1 aliphatic rings. The van der Waals surface area contributed by atoms with Crippen molar-refractivity contribution in [1.82, 2.24) is 20.2 Å². The molecule has 23 heavy (non-hydrogen) atoms. The van der Waals surface area contributed by atoms with Crippen molar-refractivity contribution < 1.29 is 18.3 Å². The van der Waals surface area contributed by atoms with Crippen molar-refractivity contribution in [2.75, 3.05) is 18.0 Å². The lowest BCUT2D eigenvalue weighted by atomic mass is 10.0. The van der Waals surface area contributed by atoms with Crippen molar-refractivity contribution in [3.8, 4) is 0 Å². The zero-order valence-corrected chi connectivity index (χ0v) is 12.4. The number of alkyl halides is 3. The van der Waals surface area contributed by atoms with Gasteiger partial charge in [0.25, 0.3) is 0 Å². The molecular formula is C14H16F3N5O. The molecule has 1 fully saturated rings. The van der Waals surface area contributed by atoms with Crippen LogP contribution in [0.15, 0.2) is 18.3 Å². The molecule has 0 bridgehead atoms. The van der Waals surface area contributed by atoms with Gasteiger partial charge in [-0.15, -0.1) is 0 Å². The zero-order chi connectivity index (χ0) is 16.6. The Hall–Kier alpha value is -2.16. The molecule has 2 aromatic rings. The first-order valence-electron chi connectivity index (χ1n) is 7.17. The van der Waals surface area contributed by atoms with E-state index in [1.165, 1.54) is 0 Å². The largest absolute Gasteiger partial charge is 0.433 e.